The highest BCUT2D eigenvalue weighted by atomic mass is 16.1. The van der Waals surface area contributed by atoms with Crippen molar-refractivity contribution in [1.82, 2.24) is 5.32 Å². The molecule has 3 heteroatoms. The van der Waals surface area contributed by atoms with E-state index in [4.69, 9.17) is 0 Å². The van der Waals surface area contributed by atoms with Gasteiger partial charge in [-0.1, -0.05) is 32.0 Å². The molecule has 0 spiro atoms. The SMILES string of the molecule is CC(C)c1ccccc1NC1CNC(=O)C1. The standard InChI is InChI=1S/C13H18N2O/c1-9(2)11-5-3-4-6-12(11)15-10-7-13(16)14-8-10/h3-6,9-10,15H,7-8H2,1-2H3,(H,14,16). The van der Waals surface area contributed by atoms with E-state index in [1.807, 2.05) is 6.07 Å². The van der Waals surface area contributed by atoms with Crippen molar-refractivity contribution in [3.63, 3.8) is 0 Å². The molecule has 0 bridgehead atoms. The molecule has 0 aliphatic carbocycles. The van der Waals surface area contributed by atoms with Gasteiger partial charge in [-0.15, -0.1) is 0 Å². The summed E-state index contributed by atoms with van der Waals surface area (Å²) >= 11 is 0. The maximum absolute atomic E-state index is 11.1. The van der Waals surface area contributed by atoms with Crippen LogP contribution in [0, 0.1) is 0 Å². The molecule has 1 aliphatic rings. The van der Waals surface area contributed by atoms with Crippen LogP contribution in [-0.4, -0.2) is 18.5 Å². The van der Waals surface area contributed by atoms with E-state index in [9.17, 15) is 4.79 Å². The Hall–Kier alpha value is -1.51. The Morgan fingerprint density at radius 1 is 1.38 bits per heavy atom. The average molecular weight is 218 g/mol. The molecule has 16 heavy (non-hydrogen) atoms. The highest BCUT2D eigenvalue weighted by Gasteiger charge is 2.21. The van der Waals surface area contributed by atoms with E-state index >= 15 is 0 Å². The number of carbonyl (C=O) groups excluding carboxylic acids is 1. The van der Waals surface area contributed by atoms with Gasteiger partial charge < -0.3 is 10.6 Å². The highest BCUT2D eigenvalue weighted by Crippen LogP contribution is 2.24. The van der Waals surface area contributed by atoms with Crippen LogP contribution in [0.25, 0.3) is 0 Å². The van der Waals surface area contributed by atoms with Gasteiger partial charge in [-0.05, 0) is 17.5 Å². The summed E-state index contributed by atoms with van der Waals surface area (Å²) in [5, 5.41) is 6.27. The van der Waals surface area contributed by atoms with Crippen LogP contribution in [0.2, 0.25) is 0 Å². The lowest BCUT2D eigenvalue weighted by atomic mass is 10.0. The number of hydrogen-bond acceptors (Lipinski definition) is 2. The largest absolute Gasteiger partial charge is 0.380 e. The summed E-state index contributed by atoms with van der Waals surface area (Å²) in [6.07, 6.45) is 0.576. The lowest BCUT2D eigenvalue weighted by Crippen LogP contribution is -2.23. The van der Waals surface area contributed by atoms with Crippen molar-refractivity contribution in [3.8, 4) is 0 Å². The first kappa shape index (κ1) is 11.0. The molecular weight excluding hydrogens is 200 g/mol. The first-order chi connectivity index (χ1) is 7.66. The summed E-state index contributed by atoms with van der Waals surface area (Å²) in [7, 11) is 0. The lowest BCUT2D eigenvalue weighted by Gasteiger charge is -2.17. The highest BCUT2D eigenvalue weighted by molar-refractivity contribution is 5.79. The van der Waals surface area contributed by atoms with E-state index in [0.717, 1.165) is 12.2 Å². The maximum atomic E-state index is 11.1. The number of para-hydroxylation sites is 1. The van der Waals surface area contributed by atoms with E-state index in [1.54, 1.807) is 0 Å². The molecule has 3 nitrogen and oxygen atoms in total. The van der Waals surface area contributed by atoms with Crippen molar-refractivity contribution in [2.24, 2.45) is 0 Å². The molecule has 1 heterocycles. The van der Waals surface area contributed by atoms with Crippen molar-refractivity contribution in [2.45, 2.75) is 32.2 Å². The molecule has 0 radical (unpaired) electrons. The Kier molecular flexibility index (Phi) is 3.13. The summed E-state index contributed by atoms with van der Waals surface area (Å²) in [6.45, 7) is 5.09. The van der Waals surface area contributed by atoms with Crippen LogP contribution in [0.1, 0.15) is 31.7 Å². The van der Waals surface area contributed by atoms with E-state index < -0.39 is 0 Å². The molecule has 2 N–H and O–H groups in total. The normalized spacial score (nSPS) is 19.9. The predicted molar refractivity (Wildman–Crippen MR) is 65.6 cm³/mol. The summed E-state index contributed by atoms with van der Waals surface area (Å²) < 4.78 is 0. The molecule has 0 saturated carbocycles. The Labute approximate surface area is 96.2 Å². The third-order valence-electron chi connectivity index (χ3n) is 2.92. The summed E-state index contributed by atoms with van der Waals surface area (Å²) in [6, 6.07) is 8.53. The van der Waals surface area contributed by atoms with Crippen LogP contribution in [0.4, 0.5) is 5.69 Å². The summed E-state index contributed by atoms with van der Waals surface area (Å²) in [5.41, 5.74) is 2.46. The first-order valence-electron chi connectivity index (χ1n) is 5.79. The topological polar surface area (TPSA) is 41.1 Å². The number of carbonyl (C=O) groups is 1. The molecule has 86 valence electrons. The zero-order valence-corrected chi connectivity index (χ0v) is 9.79. The first-order valence-corrected chi connectivity index (χ1v) is 5.79. The average Bonchev–Trinajstić information content (AvgIpc) is 2.64. The minimum absolute atomic E-state index is 0.138. The molecule has 1 unspecified atom stereocenters. The predicted octanol–water partition coefficient (Wildman–Crippen LogP) is 2.11. The summed E-state index contributed by atoms with van der Waals surface area (Å²) in [4.78, 5) is 11.1. The van der Waals surface area contributed by atoms with Gasteiger partial charge in [0.25, 0.3) is 0 Å². The molecule has 0 aromatic heterocycles. The number of nitrogens with one attached hydrogen (secondary N) is 2. The maximum Gasteiger partial charge on any atom is 0.222 e. The van der Waals surface area contributed by atoms with Gasteiger partial charge in [-0.3, -0.25) is 4.79 Å². The van der Waals surface area contributed by atoms with Gasteiger partial charge in [0.05, 0.1) is 6.04 Å². The van der Waals surface area contributed by atoms with Gasteiger partial charge in [0.1, 0.15) is 0 Å². The second-order valence-electron chi connectivity index (χ2n) is 4.59. The van der Waals surface area contributed by atoms with E-state index in [1.165, 1.54) is 5.56 Å². The fourth-order valence-corrected chi connectivity index (χ4v) is 2.06. The molecule has 2 rings (SSSR count). The Bertz CT molecular complexity index is 387. The van der Waals surface area contributed by atoms with Crippen LogP contribution in [0.3, 0.4) is 0 Å². The number of amides is 1. The second-order valence-corrected chi connectivity index (χ2v) is 4.59. The van der Waals surface area contributed by atoms with Gasteiger partial charge in [-0.2, -0.15) is 0 Å². The molecule has 1 aromatic rings. The monoisotopic (exact) mass is 218 g/mol. The Morgan fingerprint density at radius 2 is 2.12 bits per heavy atom. The fraction of sp³-hybridized carbons (Fsp3) is 0.462. The Morgan fingerprint density at radius 3 is 2.75 bits per heavy atom. The molecule has 1 saturated heterocycles. The fourth-order valence-electron chi connectivity index (χ4n) is 2.06. The number of hydrogen-bond donors (Lipinski definition) is 2. The van der Waals surface area contributed by atoms with Gasteiger partial charge in [0.2, 0.25) is 5.91 Å². The van der Waals surface area contributed by atoms with Crippen LogP contribution in [-0.2, 0) is 4.79 Å². The van der Waals surface area contributed by atoms with Gasteiger partial charge in [-0.25, -0.2) is 0 Å². The van der Waals surface area contributed by atoms with Gasteiger partial charge in [0, 0.05) is 18.7 Å². The van der Waals surface area contributed by atoms with Crippen molar-refractivity contribution < 1.29 is 4.79 Å². The zero-order chi connectivity index (χ0) is 11.5. The third kappa shape index (κ3) is 2.35. The minimum Gasteiger partial charge on any atom is -0.380 e. The van der Waals surface area contributed by atoms with E-state index in [0.29, 0.717) is 12.3 Å². The van der Waals surface area contributed by atoms with Crippen LogP contribution in [0.15, 0.2) is 24.3 Å². The molecule has 1 atom stereocenters. The van der Waals surface area contributed by atoms with Crippen LogP contribution in [0.5, 0.6) is 0 Å². The van der Waals surface area contributed by atoms with Crippen LogP contribution < -0.4 is 10.6 Å². The smallest absolute Gasteiger partial charge is 0.222 e. The third-order valence-corrected chi connectivity index (χ3v) is 2.92. The minimum atomic E-state index is 0.138. The van der Waals surface area contributed by atoms with Gasteiger partial charge in [0.15, 0.2) is 0 Å². The zero-order valence-electron chi connectivity index (χ0n) is 9.79. The van der Waals surface area contributed by atoms with E-state index in [-0.39, 0.29) is 11.9 Å². The Balaban J connectivity index is 2.11. The number of anilines is 1. The molecule has 1 aromatic carbocycles. The van der Waals surface area contributed by atoms with Gasteiger partial charge >= 0.3 is 0 Å². The van der Waals surface area contributed by atoms with Crippen molar-refractivity contribution in [2.75, 3.05) is 11.9 Å². The van der Waals surface area contributed by atoms with Crippen LogP contribution >= 0.6 is 0 Å². The molecule has 1 aliphatic heterocycles. The number of rotatable bonds is 3. The molecule has 1 amide bonds. The number of benzene rings is 1. The molecule has 1 fully saturated rings. The van der Waals surface area contributed by atoms with Crippen molar-refractivity contribution in [1.29, 1.82) is 0 Å². The quantitative estimate of drug-likeness (QED) is 0.815. The lowest BCUT2D eigenvalue weighted by molar-refractivity contribution is -0.119. The van der Waals surface area contributed by atoms with Crippen molar-refractivity contribution in [3.05, 3.63) is 29.8 Å². The summed E-state index contributed by atoms with van der Waals surface area (Å²) in [5.74, 6) is 0.633. The second kappa shape index (κ2) is 4.56. The van der Waals surface area contributed by atoms with E-state index in [2.05, 4.69) is 42.7 Å². The van der Waals surface area contributed by atoms with Crippen molar-refractivity contribution >= 4 is 11.6 Å². The molecular formula is C13H18N2O.